The van der Waals surface area contributed by atoms with E-state index in [9.17, 15) is 0 Å². The maximum absolute atomic E-state index is 5.27. The molecule has 0 bridgehead atoms. The van der Waals surface area contributed by atoms with Crippen molar-refractivity contribution in [1.82, 2.24) is 20.8 Å². The van der Waals surface area contributed by atoms with Crippen LogP contribution in [0.2, 0.25) is 0 Å². The molecule has 0 aliphatic carbocycles. The van der Waals surface area contributed by atoms with Gasteiger partial charge in [0, 0.05) is 18.5 Å². The number of guanidine groups is 1. The SMILES string of the molecule is CCNC(=NCc1noc(C(C)(C)C)n1)NCCCCSC. The highest BCUT2D eigenvalue weighted by atomic mass is 32.2. The lowest BCUT2D eigenvalue weighted by Crippen LogP contribution is -2.37. The average Bonchev–Trinajstić information content (AvgIpc) is 2.93. The third-order valence-corrected chi connectivity index (χ3v) is 3.60. The van der Waals surface area contributed by atoms with E-state index in [1.807, 2.05) is 32.5 Å². The number of aliphatic imine (C=N–C) groups is 1. The van der Waals surface area contributed by atoms with Crippen molar-refractivity contribution >= 4 is 17.7 Å². The van der Waals surface area contributed by atoms with Crippen molar-refractivity contribution in [2.45, 2.75) is 52.5 Å². The first-order valence-electron chi connectivity index (χ1n) is 7.81. The van der Waals surface area contributed by atoms with Crippen LogP contribution in [0.1, 0.15) is 52.3 Å². The smallest absolute Gasteiger partial charge is 0.232 e. The van der Waals surface area contributed by atoms with Gasteiger partial charge in [0.05, 0.1) is 0 Å². The highest BCUT2D eigenvalue weighted by molar-refractivity contribution is 7.98. The first kappa shape index (κ1) is 18.8. The van der Waals surface area contributed by atoms with Gasteiger partial charge in [-0.2, -0.15) is 16.7 Å². The molecule has 0 spiro atoms. The van der Waals surface area contributed by atoms with Gasteiger partial charge in [0.1, 0.15) is 6.54 Å². The summed E-state index contributed by atoms with van der Waals surface area (Å²) in [5.74, 6) is 3.26. The molecule has 7 heteroatoms. The maximum atomic E-state index is 5.27. The van der Waals surface area contributed by atoms with Gasteiger partial charge in [-0.15, -0.1) is 0 Å². The van der Waals surface area contributed by atoms with E-state index in [1.165, 1.54) is 12.2 Å². The van der Waals surface area contributed by atoms with Crippen LogP contribution in [-0.4, -0.2) is 41.2 Å². The number of nitrogens with one attached hydrogen (secondary N) is 2. The fourth-order valence-corrected chi connectivity index (χ4v) is 2.19. The Morgan fingerprint density at radius 1 is 1.27 bits per heavy atom. The highest BCUT2D eigenvalue weighted by Gasteiger charge is 2.21. The van der Waals surface area contributed by atoms with E-state index < -0.39 is 0 Å². The molecule has 0 aliphatic rings. The first-order valence-corrected chi connectivity index (χ1v) is 9.21. The van der Waals surface area contributed by atoms with Crippen LogP contribution in [0, 0.1) is 0 Å². The van der Waals surface area contributed by atoms with Crippen molar-refractivity contribution in [2.24, 2.45) is 4.99 Å². The van der Waals surface area contributed by atoms with Crippen LogP contribution in [0.15, 0.2) is 9.52 Å². The van der Waals surface area contributed by atoms with Crippen molar-refractivity contribution in [3.63, 3.8) is 0 Å². The van der Waals surface area contributed by atoms with Crippen LogP contribution >= 0.6 is 11.8 Å². The molecule has 0 fully saturated rings. The van der Waals surface area contributed by atoms with Gasteiger partial charge in [0.15, 0.2) is 11.8 Å². The molecule has 0 aliphatic heterocycles. The number of nitrogens with zero attached hydrogens (tertiary/aromatic N) is 3. The molecule has 0 amide bonds. The van der Waals surface area contributed by atoms with Gasteiger partial charge in [0.2, 0.25) is 5.89 Å². The summed E-state index contributed by atoms with van der Waals surface area (Å²) in [7, 11) is 0. The van der Waals surface area contributed by atoms with Crippen molar-refractivity contribution in [3.8, 4) is 0 Å². The lowest BCUT2D eigenvalue weighted by atomic mass is 9.97. The van der Waals surface area contributed by atoms with Crippen molar-refractivity contribution in [2.75, 3.05) is 25.1 Å². The minimum atomic E-state index is -0.130. The maximum Gasteiger partial charge on any atom is 0.232 e. The molecule has 0 atom stereocenters. The zero-order valence-electron chi connectivity index (χ0n) is 14.4. The summed E-state index contributed by atoms with van der Waals surface area (Å²) in [5, 5.41) is 10.5. The summed E-state index contributed by atoms with van der Waals surface area (Å²) in [6.07, 6.45) is 4.49. The second kappa shape index (κ2) is 9.71. The van der Waals surface area contributed by atoms with Crippen molar-refractivity contribution < 1.29 is 4.52 Å². The third-order valence-electron chi connectivity index (χ3n) is 2.90. The molecule has 2 N–H and O–H groups in total. The van der Waals surface area contributed by atoms with Gasteiger partial charge in [-0.1, -0.05) is 25.9 Å². The molecule has 1 heterocycles. The Labute approximate surface area is 137 Å². The quantitative estimate of drug-likeness (QED) is 0.434. The summed E-state index contributed by atoms with van der Waals surface area (Å²) in [4.78, 5) is 8.89. The van der Waals surface area contributed by atoms with Gasteiger partial charge in [0.25, 0.3) is 0 Å². The van der Waals surface area contributed by atoms with E-state index in [4.69, 9.17) is 4.52 Å². The van der Waals surface area contributed by atoms with Gasteiger partial charge in [-0.25, -0.2) is 4.99 Å². The van der Waals surface area contributed by atoms with Crippen LogP contribution in [-0.2, 0) is 12.0 Å². The molecule has 22 heavy (non-hydrogen) atoms. The molecule has 126 valence electrons. The third kappa shape index (κ3) is 7.15. The zero-order chi connectivity index (χ0) is 16.4. The zero-order valence-corrected chi connectivity index (χ0v) is 15.2. The molecular weight excluding hydrogens is 298 g/mol. The number of rotatable bonds is 8. The fourth-order valence-electron chi connectivity index (χ4n) is 1.69. The molecule has 1 aromatic rings. The molecule has 0 unspecified atom stereocenters. The summed E-state index contributed by atoms with van der Waals surface area (Å²) >= 11 is 1.88. The highest BCUT2D eigenvalue weighted by Crippen LogP contribution is 2.19. The number of unbranched alkanes of at least 4 members (excludes halogenated alkanes) is 1. The summed E-state index contributed by atoms with van der Waals surface area (Å²) in [5.41, 5.74) is -0.130. The molecule has 1 rings (SSSR count). The monoisotopic (exact) mass is 327 g/mol. The molecule has 0 radical (unpaired) electrons. The van der Waals surface area contributed by atoms with Crippen LogP contribution in [0.25, 0.3) is 0 Å². The number of hydrogen-bond acceptors (Lipinski definition) is 5. The Balaban J connectivity index is 2.49. The first-order chi connectivity index (χ1) is 10.5. The Morgan fingerprint density at radius 2 is 2.05 bits per heavy atom. The Hall–Kier alpha value is -1.24. The Kier molecular flexibility index (Phi) is 8.30. The lowest BCUT2D eigenvalue weighted by molar-refractivity contribution is 0.318. The summed E-state index contributed by atoms with van der Waals surface area (Å²) in [6.45, 7) is 10.4. The molecule has 0 saturated carbocycles. The van der Waals surface area contributed by atoms with E-state index in [0.29, 0.717) is 18.3 Å². The van der Waals surface area contributed by atoms with Gasteiger partial charge >= 0.3 is 0 Å². The standard InChI is InChI=1S/C15H29N5OS/c1-6-16-14(17-9-7-8-10-22-5)18-11-12-19-13(21-20-12)15(2,3)4/h6-11H2,1-5H3,(H2,16,17,18). The number of aromatic nitrogens is 2. The van der Waals surface area contributed by atoms with Crippen molar-refractivity contribution in [3.05, 3.63) is 11.7 Å². The van der Waals surface area contributed by atoms with Crippen molar-refractivity contribution in [1.29, 1.82) is 0 Å². The molecular formula is C15H29N5OS. The van der Waals surface area contributed by atoms with Gasteiger partial charge in [-0.3, -0.25) is 0 Å². The van der Waals surface area contributed by atoms with Gasteiger partial charge in [-0.05, 0) is 31.8 Å². The van der Waals surface area contributed by atoms with E-state index in [2.05, 4.69) is 38.9 Å². The van der Waals surface area contributed by atoms with E-state index in [-0.39, 0.29) is 5.41 Å². The topological polar surface area (TPSA) is 75.3 Å². The normalized spacial score (nSPS) is 12.5. The second-order valence-electron chi connectivity index (χ2n) is 6.09. The van der Waals surface area contributed by atoms with E-state index in [1.54, 1.807) is 0 Å². The molecule has 1 aromatic heterocycles. The predicted octanol–water partition coefficient (Wildman–Crippen LogP) is 2.57. The average molecular weight is 327 g/mol. The summed E-state index contributed by atoms with van der Waals surface area (Å²) in [6, 6.07) is 0. The summed E-state index contributed by atoms with van der Waals surface area (Å²) < 4.78 is 5.27. The van der Waals surface area contributed by atoms with E-state index in [0.717, 1.165) is 25.5 Å². The van der Waals surface area contributed by atoms with Crippen LogP contribution in [0.5, 0.6) is 0 Å². The minimum absolute atomic E-state index is 0.130. The van der Waals surface area contributed by atoms with E-state index >= 15 is 0 Å². The Morgan fingerprint density at radius 3 is 2.64 bits per heavy atom. The molecule has 0 aromatic carbocycles. The van der Waals surface area contributed by atoms with Crippen LogP contribution in [0.3, 0.4) is 0 Å². The molecule has 0 saturated heterocycles. The predicted molar refractivity (Wildman–Crippen MR) is 93.4 cm³/mol. The molecule has 6 nitrogen and oxygen atoms in total. The number of hydrogen-bond donors (Lipinski definition) is 2. The lowest BCUT2D eigenvalue weighted by Gasteiger charge is -2.11. The van der Waals surface area contributed by atoms with Crippen LogP contribution in [0.4, 0.5) is 0 Å². The fraction of sp³-hybridized carbons (Fsp3) is 0.800. The largest absolute Gasteiger partial charge is 0.357 e. The second-order valence-corrected chi connectivity index (χ2v) is 7.07. The number of thioether (sulfide) groups is 1. The Bertz CT molecular complexity index is 453. The minimum Gasteiger partial charge on any atom is -0.357 e. The van der Waals surface area contributed by atoms with Gasteiger partial charge < -0.3 is 15.2 Å². The van der Waals surface area contributed by atoms with Crippen LogP contribution < -0.4 is 10.6 Å².